The summed E-state index contributed by atoms with van der Waals surface area (Å²) in [5.41, 5.74) is 0.198. The fourth-order valence-corrected chi connectivity index (χ4v) is 0.878. The standard InChI is InChI=1S/C8H12F2N2O/c1-5(2)13-4-7-6(8(9)10)3-11-12-7/h3,5,8H,4H2,1-2H3,(H,11,12). The number of alkyl halides is 2. The van der Waals surface area contributed by atoms with E-state index in [1.807, 2.05) is 13.8 Å². The number of aromatic amines is 1. The molecule has 0 radical (unpaired) electrons. The van der Waals surface area contributed by atoms with Gasteiger partial charge in [-0.2, -0.15) is 5.10 Å². The van der Waals surface area contributed by atoms with Crippen LogP contribution in [0, 0.1) is 0 Å². The van der Waals surface area contributed by atoms with E-state index in [0.29, 0.717) is 0 Å². The smallest absolute Gasteiger partial charge is 0.267 e. The average molecular weight is 190 g/mol. The van der Waals surface area contributed by atoms with Gasteiger partial charge < -0.3 is 4.74 Å². The van der Waals surface area contributed by atoms with Gasteiger partial charge in [0, 0.05) is 6.20 Å². The van der Waals surface area contributed by atoms with E-state index in [1.165, 1.54) is 6.20 Å². The number of hydrogen-bond donors (Lipinski definition) is 1. The van der Waals surface area contributed by atoms with Crippen LogP contribution in [0.5, 0.6) is 0 Å². The lowest BCUT2D eigenvalue weighted by atomic mass is 10.2. The van der Waals surface area contributed by atoms with Crippen molar-refractivity contribution in [3.05, 3.63) is 17.5 Å². The molecule has 1 N–H and O–H groups in total. The predicted octanol–water partition coefficient (Wildman–Crippen LogP) is 2.27. The Morgan fingerprint density at radius 1 is 1.54 bits per heavy atom. The third-order valence-corrected chi connectivity index (χ3v) is 1.54. The second-order valence-corrected chi connectivity index (χ2v) is 2.95. The molecule has 0 aliphatic rings. The molecular formula is C8H12F2N2O. The number of rotatable bonds is 4. The van der Waals surface area contributed by atoms with Crippen molar-refractivity contribution in [1.29, 1.82) is 0 Å². The highest BCUT2D eigenvalue weighted by molar-refractivity contribution is 5.16. The predicted molar refractivity (Wildman–Crippen MR) is 43.5 cm³/mol. The minimum atomic E-state index is -2.50. The van der Waals surface area contributed by atoms with Gasteiger partial charge in [0.1, 0.15) is 0 Å². The van der Waals surface area contributed by atoms with Gasteiger partial charge in [-0.15, -0.1) is 0 Å². The van der Waals surface area contributed by atoms with Gasteiger partial charge in [0.05, 0.1) is 24.0 Å². The number of nitrogens with zero attached hydrogens (tertiary/aromatic N) is 1. The van der Waals surface area contributed by atoms with Gasteiger partial charge in [-0.05, 0) is 13.8 Å². The van der Waals surface area contributed by atoms with Crippen molar-refractivity contribution in [2.75, 3.05) is 0 Å². The Balaban J connectivity index is 2.60. The first-order valence-electron chi connectivity index (χ1n) is 4.03. The van der Waals surface area contributed by atoms with Gasteiger partial charge in [-0.25, -0.2) is 8.78 Å². The molecule has 74 valence electrons. The summed E-state index contributed by atoms with van der Waals surface area (Å²) < 4.78 is 29.7. The molecule has 13 heavy (non-hydrogen) atoms. The molecule has 0 saturated carbocycles. The van der Waals surface area contributed by atoms with E-state index >= 15 is 0 Å². The molecule has 5 heteroatoms. The summed E-state index contributed by atoms with van der Waals surface area (Å²) in [6.07, 6.45) is -1.28. The van der Waals surface area contributed by atoms with E-state index in [-0.39, 0.29) is 24.0 Å². The molecule has 0 unspecified atom stereocenters. The summed E-state index contributed by atoms with van der Waals surface area (Å²) in [6.45, 7) is 3.81. The van der Waals surface area contributed by atoms with E-state index in [1.54, 1.807) is 0 Å². The zero-order valence-corrected chi connectivity index (χ0v) is 7.55. The molecule has 0 spiro atoms. The molecule has 0 aliphatic heterocycles. The van der Waals surface area contributed by atoms with Gasteiger partial charge in [0.15, 0.2) is 0 Å². The Bertz CT molecular complexity index is 260. The molecule has 1 aromatic rings. The summed E-state index contributed by atoms with van der Waals surface area (Å²) in [6, 6.07) is 0. The maximum absolute atomic E-state index is 12.3. The molecule has 0 atom stereocenters. The Morgan fingerprint density at radius 3 is 2.77 bits per heavy atom. The van der Waals surface area contributed by atoms with Crippen molar-refractivity contribution in [3.63, 3.8) is 0 Å². The van der Waals surface area contributed by atoms with E-state index in [0.717, 1.165) is 0 Å². The molecule has 0 bridgehead atoms. The summed E-state index contributed by atoms with van der Waals surface area (Å²) in [7, 11) is 0. The molecule has 1 heterocycles. The van der Waals surface area contributed by atoms with E-state index in [9.17, 15) is 8.78 Å². The summed E-state index contributed by atoms with van der Waals surface area (Å²) in [4.78, 5) is 0. The Kier molecular flexibility index (Phi) is 3.36. The topological polar surface area (TPSA) is 37.9 Å². The molecular weight excluding hydrogens is 178 g/mol. The number of halogens is 2. The van der Waals surface area contributed by atoms with Crippen LogP contribution in [0.3, 0.4) is 0 Å². The third-order valence-electron chi connectivity index (χ3n) is 1.54. The van der Waals surface area contributed by atoms with Gasteiger partial charge in [0.2, 0.25) is 0 Å². The lowest BCUT2D eigenvalue weighted by Gasteiger charge is -2.06. The first kappa shape index (κ1) is 10.1. The second kappa shape index (κ2) is 4.32. The minimum Gasteiger partial charge on any atom is -0.372 e. The lowest BCUT2D eigenvalue weighted by molar-refractivity contribution is 0.0602. The molecule has 0 aliphatic carbocycles. The number of ether oxygens (including phenoxy) is 1. The quantitative estimate of drug-likeness (QED) is 0.790. The van der Waals surface area contributed by atoms with Crippen LogP contribution in [0.4, 0.5) is 8.78 Å². The first-order chi connectivity index (χ1) is 6.11. The number of hydrogen-bond acceptors (Lipinski definition) is 2. The molecule has 0 fully saturated rings. The Morgan fingerprint density at radius 2 is 2.23 bits per heavy atom. The highest BCUT2D eigenvalue weighted by Crippen LogP contribution is 2.21. The summed E-state index contributed by atoms with van der Waals surface area (Å²) in [5.74, 6) is 0. The largest absolute Gasteiger partial charge is 0.372 e. The van der Waals surface area contributed by atoms with Crippen LogP contribution in [0.1, 0.15) is 31.5 Å². The molecule has 3 nitrogen and oxygen atoms in total. The molecule has 1 aromatic heterocycles. The van der Waals surface area contributed by atoms with Crippen LogP contribution in [-0.2, 0) is 11.3 Å². The van der Waals surface area contributed by atoms with Gasteiger partial charge in [-0.3, -0.25) is 5.10 Å². The van der Waals surface area contributed by atoms with Crippen LogP contribution in [0.2, 0.25) is 0 Å². The van der Waals surface area contributed by atoms with Crippen LogP contribution in [0.25, 0.3) is 0 Å². The normalized spacial score (nSPS) is 11.5. The van der Waals surface area contributed by atoms with E-state index in [2.05, 4.69) is 10.2 Å². The summed E-state index contributed by atoms with van der Waals surface area (Å²) >= 11 is 0. The van der Waals surface area contributed by atoms with Crippen LogP contribution >= 0.6 is 0 Å². The zero-order valence-electron chi connectivity index (χ0n) is 7.55. The number of H-pyrrole nitrogens is 1. The van der Waals surface area contributed by atoms with E-state index < -0.39 is 6.43 Å². The Hall–Kier alpha value is -0.970. The van der Waals surface area contributed by atoms with Crippen molar-refractivity contribution >= 4 is 0 Å². The fraction of sp³-hybridized carbons (Fsp3) is 0.625. The molecule has 0 aromatic carbocycles. The summed E-state index contributed by atoms with van der Waals surface area (Å²) in [5, 5.41) is 6.07. The highest BCUT2D eigenvalue weighted by Gasteiger charge is 2.15. The van der Waals surface area contributed by atoms with E-state index in [4.69, 9.17) is 4.74 Å². The third kappa shape index (κ3) is 2.77. The second-order valence-electron chi connectivity index (χ2n) is 2.95. The van der Waals surface area contributed by atoms with Gasteiger partial charge in [0.25, 0.3) is 6.43 Å². The van der Waals surface area contributed by atoms with Crippen molar-refractivity contribution in [3.8, 4) is 0 Å². The monoisotopic (exact) mass is 190 g/mol. The number of nitrogens with one attached hydrogen (secondary N) is 1. The van der Waals surface area contributed by atoms with Crippen molar-refractivity contribution in [1.82, 2.24) is 10.2 Å². The van der Waals surface area contributed by atoms with Crippen LogP contribution in [-0.4, -0.2) is 16.3 Å². The fourth-order valence-electron chi connectivity index (χ4n) is 0.878. The minimum absolute atomic E-state index is 0.0159. The van der Waals surface area contributed by atoms with Crippen molar-refractivity contribution in [2.24, 2.45) is 0 Å². The van der Waals surface area contributed by atoms with Crippen LogP contribution in [0.15, 0.2) is 6.20 Å². The molecule has 1 rings (SSSR count). The highest BCUT2D eigenvalue weighted by atomic mass is 19.3. The van der Waals surface area contributed by atoms with Gasteiger partial charge in [-0.1, -0.05) is 0 Å². The zero-order chi connectivity index (χ0) is 9.84. The average Bonchev–Trinajstić information content (AvgIpc) is 2.47. The van der Waals surface area contributed by atoms with Crippen LogP contribution < -0.4 is 0 Å². The molecule has 0 amide bonds. The lowest BCUT2D eigenvalue weighted by Crippen LogP contribution is -2.04. The maximum Gasteiger partial charge on any atom is 0.267 e. The first-order valence-corrected chi connectivity index (χ1v) is 4.03. The molecule has 0 saturated heterocycles. The maximum atomic E-state index is 12.3. The van der Waals surface area contributed by atoms with Crippen molar-refractivity contribution in [2.45, 2.75) is 33.0 Å². The number of aromatic nitrogens is 2. The Labute approximate surface area is 75.1 Å². The van der Waals surface area contributed by atoms with Crippen molar-refractivity contribution < 1.29 is 13.5 Å². The SMILES string of the molecule is CC(C)OCc1n[nH]cc1C(F)F. The van der Waals surface area contributed by atoms with Gasteiger partial charge >= 0.3 is 0 Å².